The summed E-state index contributed by atoms with van der Waals surface area (Å²) in [5, 5.41) is 3.21. The third-order valence-electron chi connectivity index (χ3n) is 6.30. The minimum atomic E-state index is -0.763. The molecule has 0 radical (unpaired) electrons. The normalized spacial score (nSPS) is 41.0. The van der Waals surface area contributed by atoms with Gasteiger partial charge >= 0.3 is 0 Å². The van der Waals surface area contributed by atoms with Gasteiger partial charge in [0.05, 0.1) is 6.10 Å². The van der Waals surface area contributed by atoms with Crippen molar-refractivity contribution in [1.82, 2.24) is 5.32 Å². The van der Waals surface area contributed by atoms with E-state index < -0.39 is 5.54 Å². The lowest BCUT2D eigenvalue weighted by molar-refractivity contribution is -0.176. The van der Waals surface area contributed by atoms with Crippen LogP contribution in [0, 0.1) is 17.3 Å². The van der Waals surface area contributed by atoms with E-state index in [1.165, 1.54) is 25.7 Å². The largest absolute Gasteiger partial charge is 0.377 e. The molecule has 3 aliphatic rings. The van der Waals surface area contributed by atoms with Gasteiger partial charge in [0, 0.05) is 24.0 Å². The Morgan fingerprint density at radius 1 is 1.30 bits per heavy atom. The maximum absolute atomic E-state index is 12.8. The number of fused-ring (bicyclic) bond motifs is 1. The third-order valence-corrected chi connectivity index (χ3v) is 6.30. The molecule has 3 N–H and O–H groups in total. The number of nitrogens with two attached hydrogens (primary N) is 1. The molecule has 4 atom stereocenters. The van der Waals surface area contributed by atoms with Crippen molar-refractivity contribution in [3.8, 4) is 0 Å². The summed E-state index contributed by atoms with van der Waals surface area (Å²) in [5.74, 6) is 0.850. The predicted octanol–water partition coefficient (Wildman–Crippen LogP) is 1.82. The molecule has 0 aromatic heterocycles. The smallest absolute Gasteiger partial charge is 0.241 e. The van der Waals surface area contributed by atoms with E-state index in [0.717, 1.165) is 13.0 Å². The Labute approximate surface area is 121 Å². The Balaban J connectivity index is 1.69. The van der Waals surface area contributed by atoms with Crippen LogP contribution in [0.2, 0.25) is 0 Å². The Morgan fingerprint density at radius 3 is 2.60 bits per heavy atom. The van der Waals surface area contributed by atoms with Crippen LogP contribution >= 0.6 is 0 Å². The average Bonchev–Trinajstić information content (AvgIpc) is 3.07. The molecule has 1 amide bonds. The quantitative estimate of drug-likeness (QED) is 0.829. The average molecular weight is 280 g/mol. The summed E-state index contributed by atoms with van der Waals surface area (Å²) < 4.78 is 5.76. The second-order valence-electron chi connectivity index (χ2n) is 7.58. The maximum atomic E-state index is 12.8. The van der Waals surface area contributed by atoms with Crippen LogP contribution in [0.25, 0.3) is 0 Å². The molecule has 2 aliphatic carbocycles. The van der Waals surface area contributed by atoms with Gasteiger partial charge in [-0.05, 0) is 32.1 Å². The van der Waals surface area contributed by atoms with Crippen LogP contribution in [0.15, 0.2) is 0 Å². The summed E-state index contributed by atoms with van der Waals surface area (Å²) >= 11 is 0. The van der Waals surface area contributed by atoms with Gasteiger partial charge in [-0.25, -0.2) is 0 Å². The number of carbonyl (C=O) groups excluding carboxylic acids is 1. The van der Waals surface area contributed by atoms with Crippen molar-refractivity contribution in [2.75, 3.05) is 6.61 Å². The van der Waals surface area contributed by atoms with E-state index in [2.05, 4.69) is 26.1 Å². The number of ether oxygens (including phenoxy) is 1. The first-order chi connectivity index (χ1) is 9.39. The molecular formula is C16H28N2O2. The molecule has 1 saturated heterocycles. The molecular weight excluding hydrogens is 252 g/mol. The zero-order valence-corrected chi connectivity index (χ0v) is 12.9. The second kappa shape index (κ2) is 4.70. The standard InChI is InChI=1S/C16H28N2O2/c1-10(11-6-4-5-7-11)18-14(19)16(17)12-8-9-20-13(12)15(16,2)3/h10-13H,4-9,17H2,1-3H3,(H,18,19). The van der Waals surface area contributed by atoms with Crippen LogP contribution < -0.4 is 11.1 Å². The molecule has 4 unspecified atom stereocenters. The summed E-state index contributed by atoms with van der Waals surface area (Å²) in [4.78, 5) is 12.8. The number of hydrogen-bond acceptors (Lipinski definition) is 3. The topological polar surface area (TPSA) is 64.4 Å². The zero-order valence-electron chi connectivity index (χ0n) is 12.9. The van der Waals surface area contributed by atoms with Crippen LogP contribution in [0.1, 0.15) is 52.9 Å². The van der Waals surface area contributed by atoms with E-state index in [0.29, 0.717) is 5.92 Å². The van der Waals surface area contributed by atoms with Gasteiger partial charge in [0.2, 0.25) is 5.91 Å². The van der Waals surface area contributed by atoms with Gasteiger partial charge < -0.3 is 15.8 Å². The van der Waals surface area contributed by atoms with E-state index in [-0.39, 0.29) is 29.4 Å². The van der Waals surface area contributed by atoms with Crippen LogP contribution in [0.3, 0.4) is 0 Å². The van der Waals surface area contributed by atoms with E-state index in [9.17, 15) is 4.79 Å². The highest BCUT2D eigenvalue weighted by atomic mass is 16.5. The molecule has 4 nitrogen and oxygen atoms in total. The van der Waals surface area contributed by atoms with Gasteiger partial charge in [0.1, 0.15) is 5.54 Å². The van der Waals surface area contributed by atoms with E-state index in [4.69, 9.17) is 10.5 Å². The molecule has 0 bridgehead atoms. The minimum Gasteiger partial charge on any atom is -0.377 e. The molecule has 20 heavy (non-hydrogen) atoms. The van der Waals surface area contributed by atoms with Crippen molar-refractivity contribution in [3.63, 3.8) is 0 Å². The lowest BCUT2D eigenvalue weighted by atomic mass is 9.48. The number of hydrogen-bond donors (Lipinski definition) is 2. The van der Waals surface area contributed by atoms with Crippen molar-refractivity contribution < 1.29 is 9.53 Å². The summed E-state index contributed by atoms with van der Waals surface area (Å²) in [7, 11) is 0. The maximum Gasteiger partial charge on any atom is 0.241 e. The predicted molar refractivity (Wildman–Crippen MR) is 78.1 cm³/mol. The minimum absolute atomic E-state index is 0.0358. The number of nitrogens with one attached hydrogen (secondary N) is 1. The van der Waals surface area contributed by atoms with E-state index in [1.807, 2.05) is 0 Å². The van der Waals surface area contributed by atoms with Crippen molar-refractivity contribution in [2.24, 2.45) is 23.0 Å². The van der Waals surface area contributed by atoms with Gasteiger partial charge in [0.15, 0.2) is 0 Å². The highest BCUT2D eigenvalue weighted by Crippen LogP contribution is 2.58. The molecule has 4 heteroatoms. The van der Waals surface area contributed by atoms with Gasteiger partial charge in [-0.1, -0.05) is 26.7 Å². The fraction of sp³-hybridized carbons (Fsp3) is 0.938. The number of amides is 1. The van der Waals surface area contributed by atoms with Gasteiger partial charge in [0.25, 0.3) is 0 Å². The summed E-state index contributed by atoms with van der Waals surface area (Å²) in [6.07, 6.45) is 6.12. The first-order valence-electron chi connectivity index (χ1n) is 8.10. The molecule has 0 aromatic rings. The molecule has 2 saturated carbocycles. The molecule has 3 rings (SSSR count). The number of carbonyl (C=O) groups is 1. The van der Waals surface area contributed by atoms with Crippen LogP contribution in [0.4, 0.5) is 0 Å². The van der Waals surface area contributed by atoms with Crippen LogP contribution in [-0.4, -0.2) is 30.2 Å². The monoisotopic (exact) mass is 280 g/mol. The highest BCUT2D eigenvalue weighted by molar-refractivity contribution is 5.89. The Hall–Kier alpha value is -0.610. The first-order valence-corrected chi connectivity index (χ1v) is 8.10. The second-order valence-corrected chi connectivity index (χ2v) is 7.58. The van der Waals surface area contributed by atoms with E-state index >= 15 is 0 Å². The molecule has 0 aromatic carbocycles. The van der Waals surface area contributed by atoms with Crippen LogP contribution in [0.5, 0.6) is 0 Å². The molecule has 1 heterocycles. The summed E-state index contributed by atoms with van der Waals surface area (Å²) in [6, 6.07) is 0.239. The molecule has 3 fully saturated rings. The van der Waals surface area contributed by atoms with Crippen molar-refractivity contribution in [1.29, 1.82) is 0 Å². The number of rotatable bonds is 3. The van der Waals surface area contributed by atoms with Crippen molar-refractivity contribution in [2.45, 2.75) is 70.6 Å². The fourth-order valence-electron chi connectivity index (χ4n) is 4.75. The molecule has 114 valence electrons. The Kier molecular flexibility index (Phi) is 3.37. The van der Waals surface area contributed by atoms with Gasteiger partial charge in [-0.2, -0.15) is 0 Å². The van der Waals surface area contributed by atoms with Gasteiger partial charge in [-0.15, -0.1) is 0 Å². The van der Waals surface area contributed by atoms with Crippen LogP contribution in [-0.2, 0) is 9.53 Å². The zero-order chi connectivity index (χ0) is 14.5. The van der Waals surface area contributed by atoms with Crippen molar-refractivity contribution >= 4 is 5.91 Å². The highest BCUT2D eigenvalue weighted by Gasteiger charge is 2.71. The lowest BCUT2D eigenvalue weighted by Gasteiger charge is -2.60. The Morgan fingerprint density at radius 2 is 1.95 bits per heavy atom. The first kappa shape index (κ1) is 14.3. The molecule has 0 spiro atoms. The molecule has 1 aliphatic heterocycles. The van der Waals surface area contributed by atoms with Crippen molar-refractivity contribution in [3.05, 3.63) is 0 Å². The third kappa shape index (κ3) is 1.77. The lowest BCUT2D eigenvalue weighted by Crippen LogP contribution is -2.80. The SMILES string of the molecule is CC(NC(=O)C1(N)C2CCOC2C1(C)C)C1CCCC1. The summed E-state index contributed by atoms with van der Waals surface area (Å²) in [5.41, 5.74) is 5.53. The van der Waals surface area contributed by atoms with Gasteiger partial charge in [-0.3, -0.25) is 4.79 Å². The van der Waals surface area contributed by atoms with E-state index in [1.54, 1.807) is 0 Å². The Bertz CT molecular complexity index is 403. The fourth-order valence-corrected chi connectivity index (χ4v) is 4.75. The summed E-state index contributed by atoms with van der Waals surface area (Å²) in [6.45, 7) is 7.01.